The van der Waals surface area contributed by atoms with Gasteiger partial charge in [0.15, 0.2) is 15.7 Å². The molecular formula is C11H11N3O3S. The molecule has 2 aromatic rings. The van der Waals surface area contributed by atoms with E-state index in [1.807, 2.05) is 0 Å². The molecule has 0 bridgehead atoms. The number of carbonyl (C=O) groups excluding carboxylic acids is 1. The molecule has 94 valence electrons. The fraction of sp³-hybridized carbons (Fsp3) is 0.0909. The van der Waals surface area contributed by atoms with E-state index in [0.717, 1.165) is 6.26 Å². The molecule has 6 nitrogen and oxygen atoms in total. The lowest BCUT2D eigenvalue weighted by Gasteiger charge is -2.05. The third-order valence-electron chi connectivity index (χ3n) is 2.23. The monoisotopic (exact) mass is 265 g/mol. The smallest absolute Gasteiger partial charge is 0.291 e. The molecular weight excluding hydrogens is 254 g/mol. The van der Waals surface area contributed by atoms with Gasteiger partial charge in [-0.1, -0.05) is 6.07 Å². The summed E-state index contributed by atoms with van der Waals surface area (Å²) in [4.78, 5) is 18.3. The molecule has 0 saturated carbocycles. The highest BCUT2D eigenvalue weighted by Crippen LogP contribution is 2.15. The number of amides is 1. The van der Waals surface area contributed by atoms with Crippen molar-refractivity contribution in [3.63, 3.8) is 0 Å². The summed E-state index contributed by atoms with van der Waals surface area (Å²) in [5.41, 5.74) is 0.402. The molecule has 0 radical (unpaired) electrons. The van der Waals surface area contributed by atoms with Crippen LogP contribution in [0.25, 0.3) is 0 Å². The predicted octanol–water partition coefficient (Wildman–Crippen LogP) is 1.07. The van der Waals surface area contributed by atoms with Crippen LogP contribution in [0, 0.1) is 0 Å². The number of aromatic nitrogens is 2. The van der Waals surface area contributed by atoms with Gasteiger partial charge in [-0.25, -0.2) is 13.4 Å². The largest absolute Gasteiger partial charge is 0.341 e. The van der Waals surface area contributed by atoms with E-state index in [1.54, 1.807) is 12.1 Å². The Morgan fingerprint density at radius 2 is 2.17 bits per heavy atom. The molecule has 0 unspecified atom stereocenters. The third-order valence-corrected chi connectivity index (χ3v) is 3.34. The minimum absolute atomic E-state index is 0.153. The maximum Gasteiger partial charge on any atom is 0.291 e. The van der Waals surface area contributed by atoms with Gasteiger partial charge in [0.25, 0.3) is 5.91 Å². The number of H-pyrrole nitrogens is 1. The van der Waals surface area contributed by atoms with Crippen molar-refractivity contribution in [2.45, 2.75) is 4.90 Å². The maximum atomic E-state index is 11.7. The molecule has 1 amide bonds. The number of sulfone groups is 1. The van der Waals surface area contributed by atoms with Crippen molar-refractivity contribution in [1.29, 1.82) is 0 Å². The van der Waals surface area contributed by atoms with Crippen LogP contribution in [0.4, 0.5) is 5.69 Å². The Kier molecular flexibility index (Phi) is 3.15. The molecule has 1 aromatic carbocycles. The highest BCUT2D eigenvalue weighted by Gasteiger charge is 2.11. The molecule has 1 heterocycles. The van der Waals surface area contributed by atoms with Crippen molar-refractivity contribution in [1.82, 2.24) is 9.97 Å². The van der Waals surface area contributed by atoms with Crippen LogP contribution in [-0.4, -0.2) is 30.5 Å². The van der Waals surface area contributed by atoms with Crippen molar-refractivity contribution < 1.29 is 13.2 Å². The molecule has 0 fully saturated rings. The van der Waals surface area contributed by atoms with Crippen LogP contribution in [0.1, 0.15) is 10.6 Å². The van der Waals surface area contributed by atoms with E-state index in [9.17, 15) is 13.2 Å². The van der Waals surface area contributed by atoms with E-state index in [4.69, 9.17) is 0 Å². The highest BCUT2D eigenvalue weighted by molar-refractivity contribution is 7.90. The first-order valence-electron chi connectivity index (χ1n) is 5.08. The third kappa shape index (κ3) is 2.75. The van der Waals surface area contributed by atoms with Crippen molar-refractivity contribution in [3.05, 3.63) is 42.5 Å². The second kappa shape index (κ2) is 4.61. The van der Waals surface area contributed by atoms with Crippen molar-refractivity contribution in [3.8, 4) is 0 Å². The summed E-state index contributed by atoms with van der Waals surface area (Å²) in [5, 5.41) is 2.56. The van der Waals surface area contributed by atoms with Crippen molar-refractivity contribution in [2.24, 2.45) is 0 Å². The lowest BCUT2D eigenvalue weighted by molar-refractivity contribution is 0.101. The molecule has 0 aliphatic carbocycles. The van der Waals surface area contributed by atoms with Crippen LogP contribution in [0.3, 0.4) is 0 Å². The zero-order chi connectivity index (χ0) is 13.2. The number of imidazole rings is 1. The van der Waals surface area contributed by atoms with Crippen LogP contribution >= 0.6 is 0 Å². The molecule has 2 N–H and O–H groups in total. The standard InChI is InChI=1S/C11H11N3O3S/c1-18(16,17)9-4-2-3-8(7-9)14-11(15)10-12-5-6-13-10/h2-7H,1H3,(H,12,13)(H,14,15). The van der Waals surface area contributed by atoms with Gasteiger partial charge < -0.3 is 10.3 Å². The SMILES string of the molecule is CS(=O)(=O)c1cccc(NC(=O)c2ncc[nH]2)c1. The molecule has 2 rings (SSSR count). The lowest BCUT2D eigenvalue weighted by Crippen LogP contribution is -2.13. The normalized spacial score (nSPS) is 11.2. The first-order chi connectivity index (χ1) is 8.47. The molecule has 0 aliphatic rings. The Labute approximate surface area is 104 Å². The zero-order valence-corrected chi connectivity index (χ0v) is 10.4. The topological polar surface area (TPSA) is 91.9 Å². The molecule has 0 aliphatic heterocycles. The van der Waals surface area contributed by atoms with Crippen molar-refractivity contribution >= 4 is 21.4 Å². The number of aromatic amines is 1. The number of hydrogen-bond acceptors (Lipinski definition) is 4. The highest BCUT2D eigenvalue weighted by atomic mass is 32.2. The number of hydrogen-bond donors (Lipinski definition) is 2. The average Bonchev–Trinajstić information content (AvgIpc) is 2.81. The lowest BCUT2D eigenvalue weighted by atomic mass is 10.3. The van der Waals surface area contributed by atoms with Crippen molar-refractivity contribution in [2.75, 3.05) is 11.6 Å². The van der Waals surface area contributed by atoms with Gasteiger partial charge in [0, 0.05) is 24.3 Å². The zero-order valence-electron chi connectivity index (χ0n) is 9.54. The first kappa shape index (κ1) is 12.3. The van der Waals surface area contributed by atoms with Crippen LogP contribution in [0.15, 0.2) is 41.6 Å². The molecule has 0 saturated heterocycles. The van der Waals surface area contributed by atoms with Gasteiger partial charge in [-0.15, -0.1) is 0 Å². The van der Waals surface area contributed by atoms with Crippen LogP contribution in [-0.2, 0) is 9.84 Å². The Morgan fingerprint density at radius 3 is 2.78 bits per heavy atom. The minimum Gasteiger partial charge on any atom is -0.341 e. The number of anilines is 1. The van der Waals surface area contributed by atoms with Crippen LogP contribution in [0.2, 0.25) is 0 Å². The van der Waals surface area contributed by atoms with E-state index in [-0.39, 0.29) is 10.7 Å². The van der Waals surface area contributed by atoms with Crippen LogP contribution in [0.5, 0.6) is 0 Å². The van der Waals surface area contributed by atoms with Gasteiger partial charge in [0.1, 0.15) is 0 Å². The summed E-state index contributed by atoms with van der Waals surface area (Å²) in [6, 6.07) is 6.04. The van der Waals surface area contributed by atoms with Gasteiger partial charge in [-0.3, -0.25) is 4.79 Å². The number of nitrogens with zero attached hydrogens (tertiary/aromatic N) is 1. The summed E-state index contributed by atoms with van der Waals surface area (Å²) in [7, 11) is -3.29. The Hall–Kier alpha value is -2.15. The summed E-state index contributed by atoms with van der Waals surface area (Å²) >= 11 is 0. The summed E-state index contributed by atoms with van der Waals surface area (Å²) in [6.07, 6.45) is 4.10. The maximum absolute atomic E-state index is 11.7. The fourth-order valence-corrected chi connectivity index (χ4v) is 2.05. The van der Waals surface area contributed by atoms with Gasteiger partial charge in [-0.2, -0.15) is 0 Å². The second-order valence-corrected chi connectivity index (χ2v) is 5.71. The van der Waals surface area contributed by atoms with E-state index >= 15 is 0 Å². The Balaban J connectivity index is 2.23. The van der Waals surface area contributed by atoms with E-state index < -0.39 is 15.7 Å². The minimum atomic E-state index is -3.29. The Bertz CT molecular complexity index is 663. The fourth-order valence-electron chi connectivity index (χ4n) is 1.38. The molecule has 1 aromatic heterocycles. The molecule has 7 heteroatoms. The number of carbonyl (C=O) groups is 1. The molecule has 18 heavy (non-hydrogen) atoms. The number of benzene rings is 1. The number of rotatable bonds is 3. The van der Waals surface area contributed by atoms with E-state index in [0.29, 0.717) is 5.69 Å². The van der Waals surface area contributed by atoms with Gasteiger partial charge >= 0.3 is 0 Å². The average molecular weight is 265 g/mol. The number of nitrogens with one attached hydrogen (secondary N) is 2. The van der Waals surface area contributed by atoms with Gasteiger partial charge in [0.2, 0.25) is 0 Å². The Morgan fingerprint density at radius 1 is 1.39 bits per heavy atom. The molecule has 0 atom stereocenters. The van der Waals surface area contributed by atoms with E-state index in [2.05, 4.69) is 15.3 Å². The van der Waals surface area contributed by atoms with E-state index in [1.165, 1.54) is 24.5 Å². The molecule has 0 spiro atoms. The quantitative estimate of drug-likeness (QED) is 0.868. The van der Waals surface area contributed by atoms with Crippen LogP contribution < -0.4 is 5.32 Å². The predicted molar refractivity (Wildman–Crippen MR) is 66.1 cm³/mol. The summed E-state index contributed by atoms with van der Waals surface area (Å²) in [5.74, 6) is -0.259. The van der Waals surface area contributed by atoms with Gasteiger partial charge in [0.05, 0.1) is 4.90 Å². The summed E-state index contributed by atoms with van der Waals surface area (Å²) in [6.45, 7) is 0. The summed E-state index contributed by atoms with van der Waals surface area (Å²) < 4.78 is 22.7. The first-order valence-corrected chi connectivity index (χ1v) is 6.97. The second-order valence-electron chi connectivity index (χ2n) is 3.69. The van der Waals surface area contributed by atoms with Gasteiger partial charge in [-0.05, 0) is 18.2 Å².